The van der Waals surface area contributed by atoms with Crippen LogP contribution in [0.5, 0.6) is 0 Å². The third kappa shape index (κ3) is 4.39. The van der Waals surface area contributed by atoms with Crippen LogP contribution < -0.4 is 5.32 Å². The fraction of sp³-hybridized carbons (Fsp3) is 0.278. The van der Waals surface area contributed by atoms with Crippen LogP contribution in [0.25, 0.3) is 5.82 Å². The van der Waals surface area contributed by atoms with Crippen molar-refractivity contribution in [3.8, 4) is 5.82 Å². The molecule has 3 rings (SSSR count). The Kier molecular flexibility index (Phi) is 5.18. The van der Waals surface area contributed by atoms with Crippen LogP contribution in [0.15, 0.2) is 55.1 Å². The monoisotopic (exact) mass is 323 g/mol. The van der Waals surface area contributed by atoms with Crippen molar-refractivity contribution in [1.29, 1.82) is 0 Å². The van der Waals surface area contributed by atoms with E-state index < -0.39 is 0 Å². The standard InChI is InChI=1S/C18H21N5O/c1-14(2)24-13-16-6-4-15(5-7-16)10-20-17-11-19-12-18(22-17)23-9-3-8-21-23/h3-9,11-12,14H,10,13H2,1-2H3,(H,20,22). The molecule has 24 heavy (non-hydrogen) atoms. The van der Waals surface area contributed by atoms with Crippen LogP contribution in [0.4, 0.5) is 5.82 Å². The van der Waals surface area contributed by atoms with E-state index in [0.717, 1.165) is 5.82 Å². The summed E-state index contributed by atoms with van der Waals surface area (Å²) >= 11 is 0. The van der Waals surface area contributed by atoms with E-state index in [1.165, 1.54) is 11.1 Å². The molecule has 0 atom stereocenters. The highest BCUT2D eigenvalue weighted by atomic mass is 16.5. The van der Waals surface area contributed by atoms with Crippen molar-refractivity contribution in [1.82, 2.24) is 19.7 Å². The fourth-order valence-electron chi connectivity index (χ4n) is 2.16. The molecule has 124 valence electrons. The molecule has 3 aromatic rings. The van der Waals surface area contributed by atoms with Crippen LogP contribution in [0.2, 0.25) is 0 Å². The zero-order valence-corrected chi connectivity index (χ0v) is 13.9. The lowest BCUT2D eigenvalue weighted by atomic mass is 10.1. The molecule has 6 nitrogen and oxygen atoms in total. The Hall–Kier alpha value is -2.73. The van der Waals surface area contributed by atoms with Crippen LogP contribution in [-0.4, -0.2) is 25.9 Å². The fourth-order valence-corrected chi connectivity index (χ4v) is 2.16. The van der Waals surface area contributed by atoms with Gasteiger partial charge in [0.05, 0.1) is 25.1 Å². The quantitative estimate of drug-likeness (QED) is 0.723. The first-order chi connectivity index (χ1) is 11.7. The van der Waals surface area contributed by atoms with Crippen LogP contribution in [0.1, 0.15) is 25.0 Å². The molecule has 6 heteroatoms. The Bertz CT molecular complexity index is 753. The first-order valence-corrected chi connectivity index (χ1v) is 7.96. The van der Waals surface area contributed by atoms with E-state index in [4.69, 9.17) is 4.74 Å². The number of hydrogen-bond donors (Lipinski definition) is 1. The molecule has 2 heterocycles. The van der Waals surface area contributed by atoms with Gasteiger partial charge in [-0.3, -0.25) is 4.98 Å². The average Bonchev–Trinajstić information content (AvgIpc) is 3.14. The molecule has 0 aliphatic carbocycles. The number of rotatable bonds is 7. The van der Waals surface area contributed by atoms with Gasteiger partial charge < -0.3 is 10.1 Å². The molecular formula is C18H21N5O. The number of hydrogen-bond acceptors (Lipinski definition) is 5. The van der Waals surface area contributed by atoms with Gasteiger partial charge in [-0.1, -0.05) is 24.3 Å². The number of aromatic nitrogens is 4. The molecule has 1 N–H and O–H groups in total. The maximum Gasteiger partial charge on any atom is 0.173 e. The lowest BCUT2D eigenvalue weighted by Gasteiger charge is -2.09. The minimum atomic E-state index is 0.243. The van der Waals surface area contributed by atoms with Gasteiger partial charge in [-0.15, -0.1) is 0 Å². The Labute approximate surface area is 141 Å². The van der Waals surface area contributed by atoms with E-state index >= 15 is 0 Å². The van der Waals surface area contributed by atoms with Gasteiger partial charge in [-0.05, 0) is 31.0 Å². The van der Waals surface area contributed by atoms with Gasteiger partial charge in [0.25, 0.3) is 0 Å². The van der Waals surface area contributed by atoms with Crippen molar-refractivity contribution < 1.29 is 4.74 Å². The highest BCUT2D eigenvalue weighted by Gasteiger charge is 2.02. The van der Waals surface area contributed by atoms with Crippen molar-refractivity contribution in [2.75, 3.05) is 5.32 Å². The van der Waals surface area contributed by atoms with Crippen LogP contribution >= 0.6 is 0 Å². The molecule has 0 aliphatic rings. The van der Waals surface area contributed by atoms with Crippen molar-refractivity contribution in [2.45, 2.75) is 33.1 Å². The van der Waals surface area contributed by atoms with Gasteiger partial charge in [-0.25, -0.2) is 9.67 Å². The first kappa shape index (κ1) is 16.1. The number of nitrogens with zero attached hydrogens (tertiary/aromatic N) is 4. The zero-order valence-electron chi connectivity index (χ0n) is 13.9. The van der Waals surface area contributed by atoms with E-state index in [-0.39, 0.29) is 6.10 Å². The van der Waals surface area contributed by atoms with E-state index in [2.05, 4.69) is 44.6 Å². The summed E-state index contributed by atoms with van der Waals surface area (Å²) < 4.78 is 7.29. The molecule has 0 amide bonds. The largest absolute Gasteiger partial charge is 0.374 e. The third-order valence-electron chi connectivity index (χ3n) is 3.44. The summed E-state index contributed by atoms with van der Waals surface area (Å²) in [7, 11) is 0. The first-order valence-electron chi connectivity index (χ1n) is 7.96. The molecule has 0 spiro atoms. The summed E-state index contributed by atoms with van der Waals surface area (Å²) in [6.07, 6.45) is 7.18. The maximum atomic E-state index is 5.60. The van der Waals surface area contributed by atoms with Gasteiger partial charge in [-0.2, -0.15) is 5.10 Å². The number of ether oxygens (including phenoxy) is 1. The van der Waals surface area contributed by atoms with Crippen molar-refractivity contribution in [2.24, 2.45) is 0 Å². The van der Waals surface area contributed by atoms with Crippen molar-refractivity contribution >= 4 is 5.82 Å². The molecule has 2 aromatic heterocycles. The van der Waals surface area contributed by atoms with E-state index in [9.17, 15) is 0 Å². The van der Waals surface area contributed by atoms with Crippen LogP contribution in [-0.2, 0) is 17.9 Å². The topological polar surface area (TPSA) is 64.9 Å². The predicted molar refractivity (Wildman–Crippen MR) is 92.8 cm³/mol. The van der Waals surface area contributed by atoms with Crippen LogP contribution in [0.3, 0.4) is 0 Å². The smallest absolute Gasteiger partial charge is 0.173 e. The minimum Gasteiger partial charge on any atom is -0.374 e. The highest BCUT2D eigenvalue weighted by molar-refractivity contribution is 5.37. The summed E-state index contributed by atoms with van der Waals surface area (Å²) in [6.45, 7) is 5.40. The van der Waals surface area contributed by atoms with Crippen LogP contribution in [0, 0.1) is 0 Å². The van der Waals surface area contributed by atoms with Crippen molar-refractivity contribution in [3.63, 3.8) is 0 Å². The van der Waals surface area contributed by atoms with Crippen molar-refractivity contribution in [3.05, 3.63) is 66.2 Å². The Morgan fingerprint density at radius 3 is 2.62 bits per heavy atom. The Morgan fingerprint density at radius 1 is 1.12 bits per heavy atom. The molecule has 1 aromatic carbocycles. The molecule has 0 saturated carbocycles. The molecule has 0 bridgehead atoms. The zero-order chi connectivity index (χ0) is 16.8. The minimum absolute atomic E-state index is 0.243. The van der Waals surface area contributed by atoms with Gasteiger partial charge in [0.15, 0.2) is 5.82 Å². The van der Waals surface area contributed by atoms with E-state index in [0.29, 0.717) is 19.0 Å². The number of anilines is 1. The summed E-state index contributed by atoms with van der Waals surface area (Å²) in [5.74, 6) is 1.40. The molecule has 0 unspecified atom stereocenters. The highest BCUT2D eigenvalue weighted by Crippen LogP contribution is 2.10. The van der Waals surface area contributed by atoms with E-state index in [1.54, 1.807) is 23.3 Å². The summed E-state index contributed by atoms with van der Waals surface area (Å²) in [5, 5.41) is 7.45. The van der Waals surface area contributed by atoms with Gasteiger partial charge in [0.2, 0.25) is 0 Å². The molecule has 0 radical (unpaired) electrons. The second-order valence-corrected chi connectivity index (χ2v) is 5.74. The Balaban J connectivity index is 1.58. The normalized spacial score (nSPS) is 11.0. The van der Waals surface area contributed by atoms with E-state index in [1.807, 2.05) is 26.1 Å². The summed E-state index contributed by atoms with van der Waals surface area (Å²) in [4.78, 5) is 8.71. The molecule has 0 fully saturated rings. The second-order valence-electron chi connectivity index (χ2n) is 5.74. The van der Waals surface area contributed by atoms with Gasteiger partial charge in [0.1, 0.15) is 5.82 Å². The van der Waals surface area contributed by atoms with Gasteiger partial charge in [0, 0.05) is 18.9 Å². The van der Waals surface area contributed by atoms with Gasteiger partial charge >= 0.3 is 0 Å². The molecule has 0 saturated heterocycles. The second kappa shape index (κ2) is 7.70. The average molecular weight is 323 g/mol. The SMILES string of the molecule is CC(C)OCc1ccc(CNc2cncc(-n3cccn3)n2)cc1. The lowest BCUT2D eigenvalue weighted by molar-refractivity contribution is 0.0657. The number of benzene rings is 1. The lowest BCUT2D eigenvalue weighted by Crippen LogP contribution is -2.06. The summed E-state index contributed by atoms with van der Waals surface area (Å²) in [6, 6.07) is 10.2. The summed E-state index contributed by atoms with van der Waals surface area (Å²) in [5.41, 5.74) is 2.35. The maximum absolute atomic E-state index is 5.60. The molecular weight excluding hydrogens is 302 g/mol. The predicted octanol–water partition coefficient (Wildman–Crippen LogP) is 3.20. The molecule has 0 aliphatic heterocycles. The number of nitrogens with one attached hydrogen (secondary N) is 1. The third-order valence-corrected chi connectivity index (χ3v) is 3.44. The Morgan fingerprint density at radius 2 is 1.92 bits per heavy atom.